The summed E-state index contributed by atoms with van der Waals surface area (Å²) in [6.07, 6.45) is 2.57. The van der Waals surface area contributed by atoms with Crippen LogP contribution in [0.2, 0.25) is 0 Å². The molecule has 0 spiro atoms. The molecule has 0 saturated heterocycles. The van der Waals surface area contributed by atoms with E-state index in [1.165, 1.54) is 0 Å². The molecule has 0 fully saturated rings. The molecule has 4 N–H and O–H groups in total. The predicted molar refractivity (Wildman–Crippen MR) is 106 cm³/mol. The lowest BCUT2D eigenvalue weighted by molar-refractivity contribution is 0.198. The maximum atomic E-state index is 12.2. The Labute approximate surface area is 157 Å². The van der Waals surface area contributed by atoms with Crippen molar-refractivity contribution in [1.82, 2.24) is 20.5 Å². The number of rotatable bonds is 8. The molecule has 0 aliphatic rings. The van der Waals surface area contributed by atoms with Gasteiger partial charge in [-0.3, -0.25) is 10.4 Å². The fourth-order valence-corrected chi connectivity index (χ4v) is 2.71. The highest BCUT2D eigenvalue weighted by Crippen LogP contribution is 2.21. The number of nitrogens with zero attached hydrogens (tertiary/aromatic N) is 2. The van der Waals surface area contributed by atoms with E-state index in [0.717, 1.165) is 35.2 Å². The van der Waals surface area contributed by atoms with Crippen LogP contribution in [-0.2, 0) is 4.74 Å². The number of benzene rings is 1. The average Bonchev–Trinajstić information content (AvgIpc) is 3.08. The van der Waals surface area contributed by atoms with Crippen LogP contribution in [0.4, 0.5) is 16.4 Å². The summed E-state index contributed by atoms with van der Waals surface area (Å²) in [7, 11) is 1.68. The Morgan fingerprint density at radius 2 is 2.11 bits per heavy atom. The number of nitrogens with one attached hydrogen (secondary N) is 4. The second kappa shape index (κ2) is 9.00. The van der Waals surface area contributed by atoms with Crippen LogP contribution >= 0.6 is 0 Å². The fraction of sp³-hybridized carbons (Fsp3) is 0.316. The van der Waals surface area contributed by atoms with E-state index in [4.69, 9.17) is 4.74 Å². The summed E-state index contributed by atoms with van der Waals surface area (Å²) in [5, 5.41) is 17.0. The van der Waals surface area contributed by atoms with E-state index in [9.17, 15) is 4.79 Å². The maximum absolute atomic E-state index is 12.2. The summed E-state index contributed by atoms with van der Waals surface area (Å²) in [6.45, 7) is 3.38. The molecule has 142 valence electrons. The molecule has 0 unspecified atom stereocenters. The summed E-state index contributed by atoms with van der Waals surface area (Å²) < 4.78 is 5.03. The van der Waals surface area contributed by atoms with E-state index in [2.05, 4.69) is 31.1 Å². The molecular formula is C19H24N6O2. The first-order valence-electron chi connectivity index (χ1n) is 8.87. The number of anilines is 2. The molecule has 2 heterocycles. The minimum absolute atomic E-state index is 0.106. The van der Waals surface area contributed by atoms with Crippen LogP contribution < -0.4 is 16.0 Å². The summed E-state index contributed by atoms with van der Waals surface area (Å²) >= 11 is 0. The predicted octanol–water partition coefficient (Wildman–Crippen LogP) is 3.29. The number of hydrogen-bond acceptors (Lipinski definition) is 5. The van der Waals surface area contributed by atoms with Crippen LogP contribution in [0.3, 0.4) is 0 Å². The second-order valence-corrected chi connectivity index (χ2v) is 6.19. The van der Waals surface area contributed by atoms with Crippen molar-refractivity contribution in [2.24, 2.45) is 0 Å². The van der Waals surface area contributed by atoms with E-state index in [-0.39, 0.29) is 12.1 Å². The van der Waals surface area contributed by atoms with Gasteiger partial charge in [0, 0.05) is 32.5 Å². The van der Waals surface area contributed by atoms with Crippen molar-refractivity contribution >= 4 is 28.6 Å². The van der Waals surface area contributed by atoms with Crippen molar-refractivity contribution in [2.75, 3.05) is 30.9 Å². The Morgan fingerprint density at radius 3 is 2.89 bits per heavy atom. The number of urea groups is 1. The molecule has 0 bridgehead atoms. The van der Waals surface area contributed by atoms with Crippen molar-refractivity contribution in [3.8, 4) is 0 Å². The SMILES string of the molecule is COCCCNc1n[nH]c2cc(NC(=O)N[C@H](C)c3ccccc3)ncc12. The molecule has 1 aromatic carbocycles. The van der Waals surface area contributed by atoms with Gasteiger partial charge in [0.05, 0.1) is 16.9 Å². The number of carbonyl (C=O) groups is 1. The molecule has 1 atom stereocenters. The van der Waals surface area contributed by atoms with Gasteiger partial charge in [-0.15, -0.1) is 0 Å². The number of H-pyrrole nitrogens is 1. The van der Waals surface area contributed by atoms with Gasteiger partial charge < -0.3 is 15.4 Å². The second-order valence-electron chi connectivity index (χ2n) is 6.19. The van der Waals surface area contributed by atoms with Crippen molar-refractivity contribution in [3.63, 3.8) is 0 Å². The van der Waals surface area contributed by atoms with Crippen molar-refractivity contribution in [1.29, 1.82) is 0 Å². The zero-order valence-electron chi connectivity index (χ0n) is 15.5. The number of amides is 2. The first kappa shape index (κ1) is 18.7. The smallest absolute Gasteiger partial charge is 0.320 e. The van der Waals surface area contributed by atoms with Gasteiger partial charge in [0.1, 0.15) is 5.82 Å². The van der Waals surface area contributed by atoms with Crippen LogP contribution in [0, 0.1) is 0 Å². The number of aromatic amines is 1. The standard InChI is InChI=1S/C19H24N6O2/c1-13(14-7-4-3-5-8-14)22-19(26)23-17-11-16-15(12-21-17)18(25-24-16)20-9-6-10-27-2/h3-5,7-8,11-13H,6,9-10H2,1-2H3,(H2,20,24,25)(H2,21,22,23,26)/t13-/m1/s1. The summed E-state index contributed by atoms with van der Waals surface area (Å²) in [6, 6.07) is 11.1. The zero-order valence-corrected chi connectivity index (χ0v) is 15.5. The maximum Gasteiger partial charge on any atom is 0.320 e. The van der Waals surface area contributed by atoms with Crippen molar-refractivity contribution in [2.45, 2.75) is 19.4 Å². The average molecular weight is 368 g/mol. The fourth-order valence-electron chi connectivity index (χ4n) is 2.71. The molecule has 8 heteroatoms. The molecule has 0 aliphatic heterocycles. The van der Waals surface area contributed by atoms with E-state index < -0.39 is 0 Å². The molecule has 27 heavy (non-hydrogen) atoms. The van der Waals surface area contributed by atoms with Crippen LogP contribution in [-0.4, -0.2) is 41.5 Å². The third-order valence-corrected chi connectivity index (χ3v) is 4.15. The third kappa shape index (κ3) is 4.95. The van der Waals surface area contributed by atoms with Gasteiger partial charge in [-0.2, -0.15) is 5.10 Å². The van der Waals surface area contributed by atoms with Gasteiger partial charge in [0.2, 0.25) is 0 Å². The van der Waals surface area contributed by atoms with Gasteiger partial charge in [-0.05, 0) is 18.9 Å². The number of carbonyl (C=O) groups excluding carboxylic acids is 1. The number of ether oxygens (including phenoxy) is 1. The molecule has 8 nitrogen and oxygen atoms in total. The lowest BCUT2D eigenvalue weighted by Gasteiger charge is -2.14. The molecule has 2 aromatic heterocycles. The number of pyridine rings is 1. The molecule has 0 radical (unpaired) electrons. The van der Waals surface area contributed by atoms with Crippen molar-refractivity contribution in [3.05, 3.63) is 48.2 Å². The third-order valence-electron chi connectivity index (χ3n) is 4.15. The minimum Gasteiger partial charge on any atom is -0.385 e. The van der Waals surface area contributed by atoms with E-state index in [1.807, 2.05) is 37.3 Å². The van der Waals surface area contributed by atoms with Crippen LogP contribution in [0.1, 0.15) is 24.9 Å². The highest BCUT2D eigenvalue weighted by molar-refractivity contribution is 5.94. The quantitative estimate of drug-likeness (QED) is 0.457. The lowest BCUT2D eigenvalue weighted by atomic mass is 10.1. The largest absolute Gasteiger partial charge is 0.385 e. The number of hydrogen-bond donors (Lipinski definition) is 4. The van der Waals surface area contributed by atoms with Gasteiger partial charge in [0.25, 0.3) is 0 Å². The Kier molecular flexibility index (Phi) is 6.22. The highest BCUT2D eigenvalue weighted by atomic mass is 16.5. The summed E-state index contributed by atoms with van der Waals surface area (Å²) in [5.74, 6) is 1.19. The topological polar surface area (TPSA) is 104 Å². The molecule has 3 aromatic rings. The lowest BCUT2D eigenvalue weighted by Crippen LogP contribution is -2.31. The van der Waals surface area contributed by atoms with Crippen LogP contribution in [0.5, 0.6) is 0 Å². The molecule has 2 amide bonds. The number of methoxy groups -OCH3 is 1. The van der Waals surface area contributed by atoms with Gasteiger partial charge >= 0.3 is 6.03 Å². The van der Waals surface area contributed by atoms with Gasteiger partial charge in [0.15, 0.2) is 5.82 Å². The number of fused-ring (bicyclic) bond motifs is 1. The normalized spacial score (nSPS) is 11.9. The highest BCUT2D eigenvalue weighted by Gasteiger charge is 2.11. The summed E-state index contributed by atoms with van der Waals surface area (Å²) in [4.78, 5) is 16.5. The van der Waals surface area contributed by atoms with Gasteiger partial charge in [-0.25, -0.2) is 9.78 Å². The number of aromatic nitrogens is 3. The first-order chi connectivity index (χ1) is 13.2. The Bertz CT molecular complexity index is 880. The van der Waals surface area contributed by atoms with E-state index in [1.54, 1.807) is 19.4 Å². The Morgan fingerprint density at radius 1 is 1.30 bits per heavy atom. The zero-order chi connectivity index (χ0) is 19.1. The molecule has 3 rings (SSSR count). The Hall–Kier alpha value is -3.13. The summed E-state index contributed by atoms with van der Waals surface area (Å²) in [5.41, 5.74) is 1.83. The minimum atomic E-state index is -0.310. The van der Waals surface area contributed by atoms with Crippen LogP contribution in [0.25, 0.3) is 10.9 Å². The molecule has 0 saturated carbocycles. The first-order valence-corrected chi connectivity index (χ1v) is 8.87. The Balaban J connectivity index is 1.59. The molecular weight excluding hydrogens is 344 g/mol. The van der Waals surface area contributed by atoms with Gasteiger partial charge in [-0.1, -0.05) is 30.3 Å². The van der Waals surface area contributed by atoms with E-state index >= 15 is 0 Å². The van der Waals surface area contributed by atoms with Crippen LogP contribution in [0.15, 0.2) is 42.6 Å². The monoisotopic (exact) mass is 368 g/mol. The molecule has 0 aliphatic carbocycles. The van der Waals surface area contributed by atoms with E-state index in [0.29, 0.717) is 12.4 Å². The van der Waals surface area contributed by atoms with Crippen molar-refractivity contribution < 1.29 is 9.53 Å².